The summed E-state index contributed by atoms with van der Waals surface area (Å²) in [5, 5.41) is 4.88. The van der Waals surface area contributed by atoms with E-state index in [0.29, 0.717) is 11.1 Å². The Morgan fingerprint density at radius 3 is 2.67 bits per heavy atom. The van der Waals surface area contributed by atoms with E-state index in [1.165, 1.54) is 0 Å². The molecule has 2 fully saturated rings. The monoisotopic (exact) mass is 407 g/mol. The van der Waals surface area contributed by atoms with Crippen LogP contribution in [0.25, 0.3) is 10.9 Å². The van der Waals surface area contributed by atoms with Crippen LogP contribution in [-0.4, -0.2) is 30.0 Å². The van der Waals surface area contributed by atoms with Gasteiger partial charge in [0.15, 0.2) is 0 Å². The number of carbonyl (C=O) groups excluding carboxylic acids is 1. The Bertz CT molecular complexity index is 785. The predicted octanol–water partition coefficient (Wildman–Crippen LogP) is 4.15. The number of benzene rings is 1. The standard InChI is InChI=1S/C18H19BrClN3O/c19-13-9-12-3-4-16(22-17(12)15(20)10-13)23-7-5-14(6-8-23)21-18(24)11-1-2-11/h3-4,9-11,14H,1-2,5-8H2,(H,21,24). The van der Waals surface area contributed by atoms with E-state index in [4.69, 9.17) is 16.6 Å². The van der Waals surface area contributed by atoms with E-state index >= 15 is 0 Å². The summed E-state index contributed by atoms with van der Waals surface area (Å²) < 4.78 is 0.960. The van der Waals surface area contributed by atoms with Gasteiger partial charge in [0, 0.05) is 34.9 Å². The average molecular weight is 409 g/mol. The maximum Gasteiger partial charge on any atom is 0.223 e. The van der Waals surface area contributed by atoms with Gasteiger partial charge in [-0.15, -0.1) is 0 Å². The lowest BCUT2D eigenvalue weighted by Gasteiger charge is -2.33. The number of hydrogen-bond acceptors (Lipinski definition) is 3. The smallest absolute Gasteiger partial charge is 0.223 e. The van der Waals surface area contributed by atoms with Gasteiger partial charge in [0.05, 0.1) is 10.5 Å². The number of anilines is 1. The quantitative estimate of drug-likeness (QED) is 0.830. The second-order valence-corrected chi connectivity index (χ2v) is 8.00. The Morgan fingerprint density at radius 2 is 1.96 bits per heavy atom. The van der Waals surface area contributed by atoms with Crippen LogP contribution in [0, 0.1) is 5.92 Å². The molecule has 2 heterocycles. The Kier molecular flexibility index (Phi) is 4.39. The predicted molar refractivity (Wildman–Crippen MR) is 101 cm³/mol. The number of amides is 1. The molecule has 1 aromatic carbocycles. The van der Waals surface area contributed by atoms with Gasteiger partial charge in [0.1, 0.15) is 5.82 Å². The van der Waals surface area contributed by atoms with Crippen molar-refractivity contribution in [3.8, 4) is 0 Å². The summed E-state index contributed by atoms with van der Waals surface area (Å²) in [6.45, 7) is 1.81. The van der Waals surface area contributed by atoms with Crippen LogP contribution in [0.15, 0.2) is 28.7 Å². The first-order valence-corrected chi connectivity index (χ1v) is 9.58. The van der Waals surface area contributed by atoms with E-state index in [0.717, 1.165) is 60.0 Å². The third kappa shape index (κ3) is 3.38. The van der Waals surface area contributed by atoms with Crippen molar-refractivity contribution in [3.63, 3.8) is 0 Å². The van der Waals surface area contributed by atoms with Crippen molar-refractivity contribution in [1.82, 2.24) is 10.3 Å². The van der Waals surface area contributed by atoms with Gasteiger partial charge < -0.3 is 10.2 Å². The molecule has 1 aromatic heterocycles. The van der Waals surface area contributed by atoms with Crippen molar-refractivity contribution in [1.29, 1.82) is 0 Å². The topological polar surface area (TPSA) is 45.2 Å². The Morgan fingerprint density at radius 1 is 1.21 bits per heavy atom. The normalized spacial score (nSPS) is 18.8. The Balaban J connectivity index is 1.45. The summed E-state index contributed by atoms with van der Waals surface area (Å²) >= 11 is 9.79. The zero-order chi connectivity index (χ0) is 16.7. The number of rotatable bonds is 3. The first kappa shape index (κ1) is 16.2. The first-order chi connectivity index (χ1) is 11.6. The van der Waals surface area contributed by atoms with Gasteiger partial charge in [-0.05, 0) is 49.9 Å². The minimum Gasteiger partial charge on any atom is -0.356 e. The maximum absolute atomic E-state index is 11.9. The maximum atomic E-state index is 11.9. The number of fused-ring (bicyclic) bond motifs is 1. The Labute approximate surface area is 154 Å². The molecule has 1 saturated heterocycles. The van der Waals surface area contributed by atoms with Crippen LogP contribution in [-0.2, 0) is 4.79 Å². The van der Waals surface area contributed by atoms with E-state index in [-0.39, 0.29) is 11.8 Å². The molecule has 1 aliphatic carbocycles. The third-order valence-electron chi connectivity index (χ3n) is 4.81. The molecule has 0 unspecified atom stereocenters. The summed E-state index contributed by atoms with van der Waals surface area (Å²) in [5.41, 5.74) is 0.835. The molecule has 1 amide bonds. The summed E-state index contributed by atoms with van der Waals surface area (Å²) in [6, 6.07) is 8.32. The zero-order valence-corrected chi connectivity index (χ0v) is 15.6. The molecular weight excluding hydrogens is 390 g/mol. The van der Waals surface area contributed by atoms with E-state index in [2.05, 4.69) is 32.2 Å². The lowest BCUT2D eigenvalue weighted by molar-refractivity contribution is -0.123. The van der Waals surface area contributed by atoms with Gasteiger partial charge in [-0.25, -0.2) is 4.98 Å². The van der Waals surface area contributed by atoms with Crippen molar-refractivity contribution in [2.75, 3.05) is 18.0 Å². The van der Waals surface area contributed by atoms with E-state index < -0.39 is 0 Å². The fourth-order valence-corrected chi connectivity index (χ4v) is 4.12. The van der Waals surface area contributed by atoms with E-state index in [9.17, 15) is 4.79 Å². The van der Waals surface area contributed by atoms with Crippen LogP contribution >= 0.6 is 27.5 Å². The van der Waals surface area contributed by atoms with Gasteiger partial charge >= 0.3 is 0 Å². The molecule has 6 heteroatoms. The number of pyridine rings is 1. The molecule has 0 atom stereocenters. The summed E-state index contributed by atoms with van der Waals surface area (Å²) in [5.74, 6) is 1.49. The van der Waals surface area contributed by atoms with Crippen molar-refractivity contribution in [2.24, 2.45) is 5.92 Å². The number of carbonyl (C=O) groups is 1. The van der Waals surface area contributed by atoms with E-state index in [1.54, 1.807) is 0 Å². The van der Waals surface area contributed by atoms with Crippen molar-refractivity contribution >= 4 is 50.2 Å². The molecule has 1 saturated carbocycles. The Hall–Kier alpha value is -1.33. The molecule has 0 spiro atoms. The molecule has 0 bridgehead atoms. The van der Waals surface area contributed by atoms with E-state index in [1.807, 2.05) is 18.2 Å². The fourth-order valence-electron chi connectivity index (χ4n) is 3.24. The van der Waals surface area contributed by atoms with Crippen molar-refractivity contribution in [2.45, 2.75) is 31.7 Å². The van der Waals surface area contributed by atoms with Crippen LogP contribution < -0.4 is 10.2 Å². The molecule has 2 aromatic rings. The number of hydrogen-bond donors (Lipinski definition) is 1. The summed E-state index contributed by atoms with van der Waals surface area (Å²) in [7, 11) is 0. The number of aromatic nitrogens is 1. The summed E-state index contributed by atoms with van der Waals surface area (Å²) in [6.07, 6.45) is 4.05. The molecule has 4 nitrogen and oxygen atoms in total. The highest BCUT2D eigenvalue weighted by molar-refractivity contribution is 9.10. The summed E-state index contributed by atoms with van der Waals surface area (Å²) in [4.78, 5) is 18.9. The van der Waals surface area contributed by atoms with Crippen LogP contribution in [0.4, 0.5) is 5.82 Å². The minimum absolute atomic E-state index is 0.245. The van der Waals surface area contributed by atoms with Gasteiger partial charge in [-0.3, -0.25) is 4.79 Å². The van der Waals surface area contributed by atoms with Crippen molar-refractivity contribution < 1.29 is 4.79 Å². The van der Waals surface area contributed by atoms with Crippen LogP contribution in [0.3, 0.4) is 0 Å². The highest BCUT2D eigenvalue weighted by Gasteiger charge is 2.31. The van der Waals surface area contributed by atoms with Crippen molar-refractivity contribution in [3.05, 3.63) is 33.8 Å². The van der Waals surface area contributed by atoms with Gasteiger partial charge in [-0.2, -0.15) is 0 Å². The number of piperidine rings is 1. The minimum atomic E-state index is 0.245. The lowest BCUT2D eigenvalue weighted by atomic mass is 10.0. The third-order valence-corrected chi connectivity index (χ3v) is 5.56. The molecule has 2 aliphatic rings. The highest BCUT2D eigenvalue weighted by Crippen LogP contribution is 2.31. The molecular formula is C18H19BrClN3O. The van der Waals surface area contributed by atoms with Crippen LogP contribution in [0.5, 0.6) is 0 Å². The largest absolute Gasteiger partial charge is 0.356 e. The van der Waals surface area contributed by atoms with Gasteiger partial charge in [0.25, 0.3) is 0 Å². The molecule has 1 N–H and O–H groups in total. The average Bonchev–Trinajstić information content (AvgIpc) is 3.40. The number of nitrogens with one attached hydrogen (secondary N) is 1. The second-order valence-electron chi connectivity index (χ2n) is 6.67. The lowest BCUT2D eigenvalue weighted by Crippen LogP contribution is -2.45. The SMILES string of the molecule is O=C(NC1CCN(c2ccc3cc(Br)cc(Cl)c3n2)CC1)C1CC1. The first-order valence-electron chi connectivity index (χ1n) is 8.41. The zero-order valence-electron chi connectivity index (χ0n) is 13.3. The van der Waals surface area contributed by atoms with Gasteiger partial charge in [0.2, 0.25) is 5.91 Å². The molecule has 1 aliphatic heterocycles. The molecule has 4 rings (SSSR count). The van der Waals surface area contributed by atoms with Gasteiger partial charge in [-0.1, -0.05) is 27.5 Å². The number of halogens is 2. The van der Waals surface area contributed by atoms with Crippen LogP contribution in [0.2, 0.25) is 5.02 Å². The van der Waals surface area contributed by atoms with Crippen LogP contribution in [0.1, 0.15) is 25.7 Å². The molecule has 0 radical (unpaired) electrons. The molecule has 126 valence electrons. The fraction of sp³-hybridized carbons (Fsp3) is 0.444. The highest BCUT2D eigenvalue weighted by atomic mass is 79.9. The number of nitrogens with zero attached hydrogens (tertiary/aromatic N) is 2. The molecule has 24 heavy (non-hydrogen) atoms. The second kappa shape index (κ2) is 6.52.